The third-order valence-corrected chi connectivity index (χ3v) is 2.69. The van der Waals surface area contributed by atoms with Crippen molar-refractivity contribution in [3.63, 3.8) is 0 Å². The molecule has 0 aliphatic rings. The van der Waals surface area contributed by atoms with Crippen LogP contribution >= 0.6 is 0 Å². The van der Waals surface area contributed by atoms with E-state index in [-0.39, 0.29) is 6.04 Å². The second kappa shape index (κ2) is 4.03. The first-order valence-corrected chi connectivity index (χ1v) is 5.33. The fourth-order valence-corrected chi connectivity index (χ4v) is 1.88. The van der Waals surface area contributed by atoms with Crippen molar-refractivity contribution in [2.75, 3.05) is 0 Å². The Morgan fingerprint density at radius 2 is 2.33 bits per heavy atom. The fraction of sp³-hybridized carbons (Fsp3) is 0.417. The SMILES string of the molecule is CC(N)CCc1cn(C)c2ncccc12. The van der Waals surface area contributed by atoms with Crippen LogP contribution in [0, 0.1) is 0 Å². The third-order valence-electron chi connectivity index (χ3n) is 2.69. The molecule has 15 heavy (non-hydrogen) atoms. The van der Waals surface area contributed by atoms with Gasteiger partial charge in [-0.3, -0.25) is 0 Å². The van der Waals surface area contributed by atoms with Crippen LogP contribution in [0.4, 0.5) is 0 Å². The predicted molar refractivity (Wildman–Crippen MR) is 62.7 cm³/mol. The molecule has 1 atom stereocenters. The highest BCUT2D eigenvalue weighted by molar-refractivity contribution is 5.80. The average molecular weight is 203 g/mol. The molecular weight excluding hydrogens is 186 g/mol. The molecule has 2 rings (SSSR count). The van der Waals surface area contributed by atoms with Crippen LogP contribution in [-0.4, -0.2) is 15.6 Å². The first-order valence-electron chi connectivity index (χ1n) is 5.33. The second-order valence-electron chi connectivity index (χ2n) is 4.16. The highest BCUT2D eigenvalue weighted by Gasteiger charge is 2.07. The van der Waals surface area contributed by atoms with E-state index in [1.54, 1.807) is 0 Å². The van der Waals surface area contributed by atoms with Crippen molar-refractivity contribution in [1.82, 2.24) is 9.55 Å². The van der Waals surface area contributed by atoms with Crippen molar-refractivity contribution in [2.45, 2.75) is 25.8 Å². The maximum atomic E-state index is 5.77. The Bertz CT molecular complexity index is 457. The minimum Gasteiger partial charge on any atom is -0.335 e. The van der Waals surface area contributed by atoms with Gasteiger partial charge in [0.1, 0.15) is 5.65 Å². The molecule has 0 saturated carbocycles. The summed E-state index contributed by atoms with van der Waals surface area (Å²) in [6, 6.07) is 4.37. The van der Waals surface area contributed by atoms with Crippen LogP contribution in [0.2, 0.25) is 0 Å². The van der Waals surface area contributed by atoms with E-state index in [0.29, 0.717) is 0 Å². The van der Waals surface area contributed by atoms with E-state index in [0.717, 1.165) is 18.5 Å². The number of hydrogen-bond acceptors (Lipinski definition) is 2. The molecule has 1 unspecified atom stereocenters. The number of pyridine rings is 1. The standard InChI is InChI=1S/C12H17N3/c1-9(13)5-6-10-8-15(2)12-11(10)4-3-7-14-12/h3-4,7-9H,5-6,13H2,1-2H3. The minimum absolute atomic E-state index is 0.261. The minimum atomic E-state index is 0.261. The van der Waals surface area contributed by atoms with Crippen LogP contribution in [0.15, 0.2) is 24.5 Å². The normalized spacial score (nSPS) is 13.3. The van der Waals surface area contributed by atoms with Gasteiger partial charge >= 0.3 is 0 Å². The Morgan fingerprint density at radius 3 is 3.07 bits per heavy atom. The molecule has 3 heteroatoms. The Hall–Kier alpha value is -1.35. The lowest BCUT2D eigenvalue weighted by atomic mass is 10.1. The van der Waals surface area contributed by atoms with Gasteiger partial charge in [0.2, 0.25) is 0 Å². The predicted octanol–water partition coefficient (Wildman–Crippen LogP) is 1.85. The van der Waals surface area contributed by atoms with Gasteiger partial charge in [-0.2, -0.15) is 0 Å². The van der Waals surface area contributed by atoms with Gasteiger partial charge in [0.25, 0.3) is 0 Å². The van der Waals surface area contributed by atoms with Gasteiger partial charge in [-0.05, 0) is 37.5 Å². The lowest BCUT2D eigenvalue weighted by Gasteiger charge is -2.02. The second-order valence-corrected chi connectivity index (χ2v) is 4.16. The molecule has 0 radical (unpaired) electrons. The molecule has 0 bridgehead atoms. The molecule has 0 saturated heterocycles. The number of rotatable bonds is 3. The monoisotopic (exact) mass is 203 g/mol. The zero-order valence-electron chi connectivity index (χ0n) is 9.27. The summed E-state index contributed by atoms with van der Waals surface area (Å²) in [5.41, 5.74) is 8.17. The van der Waals surface area contributed by atoms with E-state index in [2.05, 4.69) is 21.8 Å². The Kier molecular flexibility index (Phi) is 2.73. The largest absolute Gasteiger partial charge is 0.335 e. The third kappa shape index (κ3) is 2.02. The number of aromatic nitrogens is 2. The first kappa shape index (κ1) is 10.2. The van der Waals surface area contributed by atoms with E-state index < -0.39 is 0 Å². The zero-order valence-corrected chi connectivity index (χ0v) is 9.27. The molecule has 80 valence electrons. The molecule has 2 heterocycles. The topological polar surface area (TPSA) is 43.8 Å². The summed E-state index contributed by atoms with van der Waals surface area (Å²) in [6.07, 6.45) is 6.03. The number of hydrogen-bond donors (Lipinski definition) is 1. The summed E-state index contributed by atoms with van der Waals surface area (Å²) >= 11 is 0. The van der Waals surface area contributed by atoms with Gasteiger partial charge in [-0.25, -0.2) is 4.98 Å². The molecule has 0 aliphatic carbocycles. The summed E-state index contributed by atoms with van der Waals surface area (Å²) in [6.45, 7) is 2.05. The summed E-state index contributed by atoms with van der Waals surface area (Å²) in [5.74, 6) is 0. The van der Waals surface area contributed by atoms with Crippen LogP contribution in [-0.2, 0) is 13.5 Å². The molecule has 0 aromatic carbocycles. The Balaban J connectivity index is 2.35. The van der Waals surface area contributed by atoms with Crippen molar-refractivity contribution in [2.24, 2.45) is 12.8 Å². The maximum Gasteiger partial charge on any atom is 0.139 e. The molecule has 0 fully saturated rings. The van der Waals surface area contributed by atoms with Crippen LogP contribution in [0.1, 0.15) is 18.9 Å². The van der Waals surface area contributed by atoms with Crippen LogP contribution < -0.4 is 5.73 Å². The van der Waals surface area contributed by atoms with E-state index >= 15 is 0 Å². The van der Waals surface area contributed by atoms with Gasteiger partial charge in [0.15, 0.2) is 0 Å². The van der Waals surface area contributed by atoms with E-state index in [4.69, 9.17) is 5.73 Å². The summed E-state index contributed by atoms with van der Waals surface area (Å²) in [7, 11) is 2.03. The Morgan fingerprint density at radius 1 is 1.53 bits per heavy atom. The van der Waals surface area contributed by atoms with E-state index in [1.807, 2.05) is 26.2 Å². The molecule has 2 aromatic rings. The van der Waals surface area contributed by atoms with Crippen molar-refractivity contribution < 1.29 is 0 Å². The number of nitrogens with two attached hydrogens (primary N) is 1. The number of fused-ring (bicyclic) bond motifs is 1. The van der Waals surface area contributed by atoms with Crippen molar-refractivity contribution in [3.05, 3.63) is 30.1 Å². The molecule has 3 nitrogen and oxygen atoms in total. The van der Waals surface area contributed by atoms with Crippen LogP contribution in [0.3, 0.4) is 0 Å². The van der Waals surface area contributed by atoms with Gasteiger partial charge in [-0.15, -0.1) is 0 Å². The van der Waals surface area contributed by atoms with Gasteiger partial charge in [-0.1, -0.05) is 0 Å². The molecular formula is C12H17N3. The number of nitrogens with zero attached hydrogens (tertiary/aromatic N) is 2. The first-order chi connectivity index (χ1) is 7.18. The number of aryl methyl sites for hydroxylation is 2. The highest BCUT2D eigenvalue weighted by Crippen LogP contribution is 2.19. The molecule has 2 aromatic heterocycles. The quantitative estimate of drug-likeness (QED) is 0.827. The fourth-order valence-electron chi connectivity index (χ4n) is 1.88. The van der Waals surface area contributed by atoms with Crippen LogP contribution in [0.5, 0.6) is 0 Å². The van der Waals surface area contributed by atoms with Gasteiger partial charge in [0, 0.05) is 30.9 Å². The van der Waals surface area contributed by atoms with Crippen molar-refractivity contribution >= 4 is 11.0 Å². The van der Waals surface area contributed by atoms with Gasteiger partial charge in [0.05, 0.1) is 0 Å². The van der Waals surface area contributed by atoms with Gasteiger partial charge < -0.3 is 10.3 Å². The summed E-state index contributed by atoms with van der Waals surface area (Å²) < 4.78 is 2.08. The smallest absolute Gasteiger partial charge is 0.139 e. The van der Waals surface area contributed by atoms with Crippen LogP contribution in [0.25, 0.3) is 11.0 Å². The molecule has 0 amide bonds. The maximum absolute atomic E-state index is 5.77. The van der Waals surface area contributed by atoms with Crippen molar-refractivity contribution in [3.8, 4) is 0 Å². The average Bonchev–Trinajstić information content (AvgIpc) is 2.54. The van der Waals surface area contributed by atoms with E-state index in [1.165, 1.54) is 10.9 Å². The molecule has 2 N–H and O–H groups in total. The Labute approximate surface area is 89.9 Å². The summed E-state index contributed by atoms with van der Waals surface area (Å²) in [5, 5.41) is 1.25. The lowest BCUT2D eigenvalue weighted by Crippen LogP contribution is -2.15. The highest BCUT2D eigenvalue weighted by atomic mass is 15.0. The lowest BCUT2D eigenvalue weighted by molar-refractivity contribution is 0.667. The molecule has 0 spiro atoms. The van der Waals surface area contributed by atoms with E-state index in [9.17, 15) is 0 Å². The van der Waals surface area contributed by atoms with Crippen molar-refractivity contribution in [1.29, 1.82) is 0 Å². The molecule has 0 aliphatic heterocycles. The zero-order chi connectivity index (χ0) is 10.8. The summed E-state index contributed by atoms with van der Waals surface area (Å²) in [4.78, 5) is 4.36.